The van der Waals surface area contributed by atoms with E-state index in [1.807, 2.05) is 42.2 Å². The molecule has 2 aromatic carbocycles. The van der Waals surface area contributed by atoms with Gasteiger partial charge in [-0.25, -0.2) is 4.39 Å². The summed E-state index contributed by atoms with van der Waals surface area (Å²) in [5, 5.41) is 4.01. The third-order valence-electron chi connectivity index (χ3n) is 4.64. The molecule has 2 unspecified atom stereocenters. The summed E-state index contributed by atoms with van der Waals surface area (Å²) < 4.78 is 13.4. The third kappa shape index (κ3) is 4.76. The maximum absolute atomic E-state index is 13.4. The molecule has 1 aliphatic rings. The number of carbonyl (C=O) groups excluding carboxylic acids is 1. The van der Waals surface area contributed by atoms with Gasteiger partial charge < -0.3 is 10.2 Å². The van der Waals surface area contributed by atoms with Crippen molar-refractivity contribution in [3.63, 3.8) is 0 Å². The van der Waals surface area contributed by atoms with Crippen LogP contribution in [-0.4, -0.2) is 30.4 Å². The maximum atomic E-state index is 13.4. The van der Waals surface area contributed by atoms with Gasteiger partial charge in [0.15, 0.2) is 0 Å². The summed E-state index contributed by atoms with van der Waals surface area (Å²) >= 11 is 6.35. The average Bonchev–Trinajstić information content (AvgIpc) is 2.61. The molecule has 1 aliphatic heterocycles. The van der Waals surface area contributed by atoms with E-state index in [-0.39, 0.29) is 36.1 Å². The first-order valence-electron chi connectivity index (χ1n) is 8.56. The van der Waals surface area contributed by atoms with Gasteiger partial charge >= 0.3 is 0 Å². The number of halogens is 3. The molecule has 0 spiro atoms. The molecule has 3 nitrogen and oxygen atoms in total. The highest BCUT2D eigenvalue weighted by Crippen LogP contribution is 2.30. The zero-order valence-electron chi connectivity index (χ0n) is 14.6. The lowest BCUT2D eigenvalue weighted by atomic mass is 9.96. The number of nitrogens with zero attached hydrogens (tertiary/aromatic N) is 1. The lowest BCUT2D eigenvalue weighted by Gasteiger charge is -2.38. The molecule has 0 bridgehead atoms. The molecule has 1 amide bonds. The van der Waals surface area contributed by atoms with E-state index in [1.54, 1.807) is 6.07 Å². The number of hydrogen-bond acceptors (Lipinski definition) is 2. The van der Waals surface area contributed by atoms with Gasteiger partial charge in [0.1, 0.15) is 5.82 Å². The van der Waals surface area contributed by atoms with Crippen molar-refractivity contribution in [1.82, 2.24) is 10.2 Å². The van der Waals surface area contributed by atoms with Crippen LogP contribution in [0.25, 0.3) is 0 Å². The fourth-order valence-corrected chi connectivity index (χ4v) is 3.64. The lowest BCUT2D eigenvalue weighted by Crippen LogP contribution is -2.50. The molecule has 0 aromatic heterocycles. The molecule has 1 fully saturated rings. The van der Waals surface area contributed by atoms with Gasteiger partial charge in [0.05, 0.1) is 6.04 Å². The summed E-state index contributed by atoms with van der Waals surface area (Å²) in [5.41, 5.74) is 1.80. The van der Waals surface area contributed by atoms with Crippen LogP contribution in [0.15, 0.2) is 48.5 Å². The van der Waals surface area contributed by atoms with Crippen molar-refractivity contribution in [1.29, 1.82) is 0 Å². The Labute approximate surface area is 164 Å². The largest absolute Gasteiger partial charge is 0.333 e. The van der Waals surface area contributed by atoms with Crippen molar-refractivity contribution < 1.29 is 9.18 Å². The Hall–Kier alpha value is -1.62. The van der Waals surface area contributed by atoms with Crippen LogP contribution in [0.3, 0.4) is 0 Å². The zero-order chi connectivity index (χ0) is 17.8. The number of rotatable bonds is 4. The predicted octanol–water partition coefficient (Wildman–Crippen LogP) is 4.25. The number of benzene rings is 2. The third-order valence-corrected chi connectivity index (χ3v) is 4.99. The van der Waals surface area contributed by atoms with Crippen molar-refractivity contribution >= 4 is 29.9 Å². The Morgan fingerprint density at radius 1 is 1.31 bits per heavy atom. The molecule has 1 heterocycles. The van der Waals surface area contributed by atoms with Crippen molar-refractivity contribution in [2.45, 2.75) is 19.4 Å². The van der Waals surface area contributed by atoms with Crippen LogP contribution in [0, 0.1) is 11.7 Å². The molecule has 0 radical (unpaired) electrons. The van der Waals surface area contributed by atoms with E-state index < -0.39 is 0 Å². The van der Waals surface area contributed by atoms with Gasteiger partial charge in [-0.3, -0.25) is 4.79 Å². The SMILES string of the molecule is CC(Cc1cccc(F)c1)C(=O)N1CCNCC1c1ccccc1Cl.Cl. The molecule has 0 saturated carbocycles. The van der Waals surface area contributed by atoms with Crippen LogP contribution >= 0.6 is 24.0 Å². The first kappa shape index (κ1) is 20.7. The van der Waals surface area contributed by atoms with Crippen LogP contribution in [0.1, 0.15) is 24.1 Å². The molecule has 2 atom stereocenters. The molecular weight excluding hydrogens is 374 g/mol. The smallest absolute Gasteiger partial charge is 0.226 e. The first-order chi connectivity index (χ1) is 12.1. The summed E-state index contributed by atoms with van der Waals surface area (Å²) in [6, 6.07) is 14.0. The molecule has 26 heavy (non-hydrogen) atoms. The molecule has 2 aromatic rings. The fourth-order valence-electron chi connectivity index (χ4n) is 3.38. The minimum Gasteiger partial charge on any atom is -0.333 e. The van der Waals surface area contributed by atoms with Crippen LogP contribution in [0.2, 0.25) is 5.02 Å². The fraction of sp³-hybridized carbons (Fsp3) is 0.350. The molecule has 1 N–H and O–H groups in total. The minimum atomic E-state index is -0.270. The summed E-state index contributed by atoms with van der Waals surface area (Å²) in [5.74, 6) is -0.408. The number of nitrogens with one attached hydrogen (secondary N) is 1. The number of piperazine rings is 1. The van der Waals surface area contributed by atoms with Crippen LogP contribution in [-0.2, 0) is 11.2 Å². The summed E-state index contributed by atoms with van der Waals surface area (Å²) in [6.07, 6.45) is 0.524. The Kier molecular flexibility index (Phi) is 7.44. The van der Waals surface area contributed by atoms with E-state index in [9.17, 15) is 9.18 Å². The summed E-state index contributed by atoms with van der Waals surface area (Å²) in [6.45, 7) is 3.99. The summed E-state index contributed by atoms with van der Waals surface area (Å²) in [4.78, 5) is 14.9. The van der Waals surface area contributed by atoms with E-state index in [0.717, 1.165) is 17.7 Å². The van der Waals surface area contributed by atoms with E-state index >= 15 is 0 Å². The second kappa shape index (κ2) is 9.36. The van der Waals surface area contributed by atoms with Gasteiger partial charge in [-0.1, -0.05) is 48.9 Å². The minimum absolute atomic E-state index is 0. The molecule has 6 heteroatoms. The number of carbonyl (C=O) groups is 1. The highest BCUT2D eigenvalue weighted by atomic mass is 35.5. The van der Waals surface area contributed by atoms with Crippen molar-refractivity contribution in [2.24, 2.45) is 5.92 Å². The van der Waals surface area contributed by atoms with Gasteiger partial charge in [-0.2, -0.15) is 0 Å². The van der Waals surface area contributed by atoms with Crippen LogP contribution in [0.5, 0.6) is 0 Å². The Morgan fingerprint density at radius 3 is 2.81 bits per heavy atom. The second-order valence-corrected chi connectivity index (χ2v) is 6.92. The molecule has 0 aliphatic carbocycles. The van der Waals surface area contributed by atoms with Crippen LogP contribution in [0.4, 0.5) is 4.39 Å². The number of amides is 1. The zero-order valence-corrected chi connectivity index (χ0v) is 16.2. The lowest BCUT2D eigenvalue weighted by molar-refractivity contribution is -0.138. The van der Waals surface area contributed by atoms with Gasteiger partial charge in [-0.15, -0.1) is 12.4 Å². The molecule has 3 rings (SSSR count). The molecular formula is C20H23Cl2FN2O. The van der Waals surface area contributed by atoms with Gasteiger partial charge in [0.25, 0.3) is 0 Å². The first-order valence-corrected chi connectivity index (χ1v) is 8.94. The van der Waals surface area contributed by atoms with Crippen molar-refractivity contribution in [3.8, 4) is 0 Å². The standard InChI is InChI=1S/C20H22ClFN2O.ClH/c1-14(11-15-5-4-6-16(22)12-15)20(25)24-10-9-23-13-19(24)17-7-2-3-8-18(17)21;/h2-8,12,14,19,23H,9-11,13H2,1H3;1H. The van der Waals surface area contributed by atoms with Crippen LogP contribution < -0.4 is 5.32 Å². The molecule has 1 saturated heterocycles. The Bertz CT molecular complexity index is 756. The average molecular weight is 397 g/mol. The molecule has 140 valence electrons. The highest BCUT2D eigenvalue weighted by molar-refractivity contribution is 6.31. The maximum Gasteiger partial charge on any atom is 0.226 e. The topological polar surface area (TPSA) is 32.3 Å². The predicted molar refractivity (Wildman–Crippen MR) is 105 cm³/mol. The second-order valence-electron chi connectivity index (χ2n) is 6.51. The van der Waals surface area contributed by atoms with Gasteiger partial charge in [0.2, 0.25) is 5.91 Å². The van der Waals surface area contributed by atoms with E-state index in [0.29, 0.717) is 24.5 Å². The monoisotopic (exact) mass is 396 g/mol. The van der Waals surface area contributed by atoms with E-state index in [2.05, 4.69) is 5.32 Å². The van der Waals surface area contributed by atoms with Crippen molar-refractivity contribution in [3.05, 3.63) is 70.5 Å². The van der Waals surface area contributed by atoms with E-state index in [1.165, 1.54) is 12.1 Å². The highest BCUT2D eigenvalue weighted by Gasteiger charge is 2.31. The van der Waals surface area contributed by atoms with Crippen molar-refractivity contribution in [2.75, 3.05) is 19.6 Å². The Balaban J connectivity index is 0.00000243. The van der Waals surface area contributed by atoms with Gasteiger partial charge in [-0.05, 0) is 35.7 Å². The summed E-state index contributed by atoms with van der Waals surface area (Å²) in [7, 11) is 0. The van der Waals surface area contributed by atoms with E-state index in [4.69, 9.17) is 11.6 Å². The Morgan fingerprint density at radius 2 is 2.08 bits per heavy atom. The normalized spacial score (nSPS) is 18.1. The van der Waals surface area contributed by atoms with Gasteiger partial charge in [0, 0.05) is 30.6 Å². The quantitative estimate of drug-likeness (QED) is 0.837. The number of hydrogen-bond donors (Lipinski definition) is 1.